The molecular formula is C19H35N5OS. The fourth-order valence-corrected chi connectivity index (χ4v) is 4.97. The van der Waals surface area contributed by atoms with Crippen molar-refractivity contribution in [3.63, 3.8) is 0 Å². The minimum atomic E-state index is 0.210. The second-order valence-electron chi connectivity index (χ2n) is 7.72. The van der Waals surface area contributed by atoms with Gasteiger partial charge in [-0.1, -0.05) is 12.8 Å². The van der Waals surface area contributed by atoms with E-state index in [2.05, 4.69) is 39.5 Å². The summed E-state index contributed by atoms with van der Waals surface area (Å²) in [5.74, 6) is 3.88. The second kappa shape index (κ2) is 9.83. The van der Waals surface area contributed by atoms with Crippen molar-refractivity contribution >= 4 is 23.6 Å². The van der Waals surface area contributed by atoms with E-state index in [9.17, 15) is 4.79 Å². The van der Waals surface area contributed by atoms with E-state index < -0.39 is 0 Å². The van der Waals surface area contributed by atoms with Crippen LogP contribution >= 0.6 is 11.8 Å². The van der Waals surface area contributed by atoms with Crippen LogP contribution in [0.2, 0.25) is 0 Å². The van der Waals surface area contributed by atoms with Crippen molar-refractivity contribution in [1.29, 1.82) is 0 Å². The lowest BCUT2D eigenvalue weighted by Crippen LogP contribution is -2.53. The third kappa shape index (κ3) is 5.52. The van der Waals surface area contributed by atoms with Gasteiger partial charge >= 0.3 is 0 Å². The Labute approximate surface area is 162 Å². The molecule has 0 aromatic rings. The molecule has 1 saturated heterocycles. The van der Waals surface area contributed by atoms with E-state index in [0.717, 1.165) is 38.4 Å². The van der Waals surface area contributed by atoms with Gasteiger partial charge in [-0.25, -0.2) is 0 Å². The van der Waals surface area contributed by atoms with Gasteiger partial charge in [0.05, 0.1) is 6.54 Å². The first-order valence-electron chi connectivity index (χ1n) is 10.4. The Bertz CT molecular complexity index is 482. The minimum Gasteiger partial charge on any atom is -0.357 e. The van der Waals surface area contributed by atoms with Gasteiger partial charge in [0.1, 0.15) is 0 Å². The molecule has 0 radical (unpaired) electrons. The van der Waals surface area contributed by atoms with Gasteiger partial charge in [-0.2, -0.15) is 11.8 Å². The number of nitrogens with one attached hydrogen (secondary N) is 3. The van der Waals surface area contributed by atoms with Crippen LogP contribution in [0.3, 0.4) is 0 Å². The number of amides is 1. The monoisotopic (exact) mass is 381 g/mol. The SMILES string of the molecule is CCNC(=NCC1(N2CCSCC2)CCCC1)NCCNC(=O)C1CC1. The van der Waals surface area contributed by atoms with Crippen molar-refractivity contribution in [2.75, 3.05) is 50.8 Å². The molecule has 1 amide bonds. The van der Waals surface area contributed by atoms with Crippen LogP contribution in [0.1, 0.15) is 45.4 Å². The highest BCUT2D eigenvalue weighted by molar-refractivity contribution is 7.99. The molecule has 0 atom stereocenters. The average molecular weight is 382 g/mol. The third-order valence-electron chi connectivity index (χ3n) is 5.76. The van der Waals surface area contributed by atoms with Crippen LogP contribution in [0, 0.1) is 5.92 Å². The van der Waals surface area contributed by atoms with Gasteiger partial charge in [-0.3, -0.25) is 14.7 Å². The van der Waals surface area contributed by atoms with Gasteiger partial charge in [0.15, 0.2) is 5.96 Å². The van der Waals surface area contributed by atoms with Crippen LogP contribution in [-0.2, 0) is 4.79 Å². The average Bonchev–Trinajstić information content (AvgIpc) is 3.42. The Hall–Kier alpha value is -0.950. The number of hydrogen-bond donors (Lipinski definition) is 3. The molecule has 3 rings (SSSR count). The summed E-state index contributed by atoms with van der Waals surface area (Å²) in [4.78, 5) is 19.3. The van der Waals surface area contributed by atoms with Crippen LogP contribution in [-0.4, -0.2) is 73.1 Å². The molecule has 0 aromatic carbocycles. The quantitative estimate of drug-likeness (QED) is 0.337. The zero-order valence-electron chi connectivity index (χ0n) is 16.2. The predicted octanol–water partition coefficient (Wildman–Crippen LogP) is 1.43. The molecule has 1 aliphatic heterocycles. The number of carbonyl (C=O) groups is 1. The van der Waals surface area contributed by atoms with Crippen molar-refractivity contribution in [1.82, 2.24) is 20.9 Å². The lowest BCUT2D eigenvalue weighted by Gasteiger charge is -2.42. The lowest BCUT2D eigenvalue weighted by molar-refractivity contribution is -0.122. The molecule has 3 fully saturated rings. The summed E-state index contributed by atoms with van der Waals surface area (Å²) >= 11 is 2.07. The molecule has 3 aliphatic rings. The van der Waals surface area contributed by atoms with Crippen molar-refractivity contribution in [3.8, 4) is 0 Å². The summed E-state index contributed by atoms with van der Waals surface area (Å²) in [6.07, 6.45) is 7.32. The Kier molecular flexibility index (Phi) is 7.49. The number of aliphatic imine (C=N–C) groups is 1. The summed E-state index contributed by atoms with van der Waals surface area (Å²) in [5, 5.41) is 9.74. The molecule has 7 heteroatoms. The molecular weight excluding hydrogens is 346 g/mol. The molecule has 2 saturated carbocycles. The summed E-state index contributed by atoms with van der Waals surface area (Å²) < 4.78 is 0. The van der Waals surface area contributed by atoms with E-state index in [1.54, 1.807) is 0 Å². The number of rotatable bonds is 8. The molecule has 0 unspecified atom stereocenters. The van der Waals surface area contributed by atoms with E-state index >= 15 is 0 Å². The molecule has 3 N–H and O–H groups in total. The first-order chi connectivity index (χ1) is 12.7. The Balaban J connectivity index is 1.50. The summed E-state index contributed by atoms with van der Waals surface area (Å²) in [7, 11) is 0. The van der Waals surface area contributed by atoms with Gasteiger partial charge in [-0.15, -0.1) is 0 Å². The Morgan fingerprint density at radius 1 is 1.12 bits per heavy atom. The topological polar surface area (TPSA) is 68.8 Å². The fourth-order valence-electron chi connectivity index (χ4n) is 4.07. The normalized spacial score (nSPS) is 23.7. The molecule has 148 valence electrons. The smallest absolute Gasteiger partial charge is 0.223 e. The van der Waals surface area contributed by atoms with Crippen molar-refractivity contribution in [3.05, 3.63) is 0 Å². The van der Waals surface area contributed by atoms with Crippen LogP contribution in [0.4, 0.5) is 0 Å². The number of carbonyl (C=O) groups excluding carboxylic acids is 1. The van der Waals surface area contributed by atoms with Gasteiger partial charge in [-0.05, 0) is 32.6 Å². The summed E-state index contributed by atoms with van der Waals surface area (Å²) in [6.45, 7) is 7.62. The van der Waals surface area contributed by atoms with Crippen LogP contribution in [0.25, 0.3) is 0 Å². The first-order valence-corrected chi connectivity index (χ1v) is 11.5. The molecule has 0 aromatic heterocycles. The Morgan fingerprint density at radius 2 is 1.81 bits per heavy atom. The predicted molar refractivity (Wildman–Crippen MR) is 110 cm³/mol. The zero-order valence-corrected chi connectivity index (χ0v) is 17.0. The molecule has 0 spiro atoms. The minimum absolute atomic E-state index is 0.210. The van der Waals surface area contributed by atoms with E-state index in [0.29, 0.717) is 6.54 Å². The van der Waals surface area contributed by atoms with E-state index in [1.807, 2.05) is 0 Å². The zero-order chi connectivity index (χ0) is 18.2. The number of guanidine groups is 1. The van der Waals surface area contributed by atoms with Crippen LogP contribution in [0.15, 0.2) is 4.99 Å². The van der Waals surface area contributed by atoms with Gasteiger partial charge < -0.3 is 16.0 Å². The maximum absolute atomic E-state index is 11.7. The van der Waals surface area contributed by atoms with Crippen molar-refractivity contribution in [2.24, 2.45) is 10.9 Å². The van der Waals surface area contributed by atoms with Crippen molar-refractivity contribution < 1.29 is 4.79 Å². The van der Waals surface area contributed by atoms with Gasteiger partial charge in [0, 0.05) is 55.7 Å². The molecule has 1 heterocycles. The number of thioether (sulfide) groups is 1. The van der Waals surface area contributed by atoms with E-state index in [1.165, 1.54) is 50.3 Å². The molecule has 26 heavy (non-hydrogen) atoms. The Morgan fingerprint density at radius 3 is 2.46 bits per heavy atom. The molecule has 2 aliphatic carbocycles. The van der Waals surface area contributed by atoms with E-state index in [4.69, 9.17) is 4.99 Å². The number of hydrogen-bond acceptors (Lipinski definition) is 4. The van der Waals surface area contributed by atoms with Gasteiger partial charge in [0.25, 0.3) is 0 Å². The maximum atomic E-state index is 11.7. The number of nitrogens with zero attached hydrogens (tertiary/aromatic N) is 2. The lowest BCUT2D eigenvalue weighted by atomic mass is 9.95. The largest absolute Gasteiger partial charge is 0.357 e. The maximum Gasteiger partial charge on any atom is 0.223 e. The highest BCUT2D eigenvalue weighted by Crippen LogP contribution is 2.37. The second-order valence-corrected chi connectivity index (χ2v) is 8.94. The first kappa shape index (κ1) is 19.8. The standard InChI is InChI=1S/C19H35N5OS/c1-2-20-18(22-10-9-21-17(25)16-5-6-16)23-15-19(7-3-4-8-19)24-11-13-26-14-12-24/h16H,2-15H2,1H3,(H,21,25)(H2,20,22,23). The third-order valence-corrected chi connectivity index (χ3v) is 6.70. The van der Waals surface area contributed by atoms with Crippen molar-refractivity contribution in [2.45, 2.75) is 51.0 Å². The van der Waals surface area contributed by atoms with Crippen LogP contribution in [0.5, 0.6) is 0 Å². The van der Waals surface area contributed by atoms with E-state index in [-0.39, 0.29) is 17.4 Å². The van der Waals surface area contributed by atoms with Crippen LogP contribution < -0.4 is 16.0 Å². The molecule has 0 bridgehead atoms. The summed E-state index contributed by atoms with van der Waals surface area (Å²) in [5.41, 5.74) is 0.267. The highest BCUT2D eigenvalue weighted by Gasteiger charge is 2.39. The summed E-state index contributed by atoms with van der Waals surface area (Å²) in [6, 6.07) is 0. The highest BCUT2D eigenvalue weighted by atomic mass is 32.2. The molecule has 6 nitrogen and oxygen atoms in total. The fraction of sp³-hybridized carbons (Fsp3) is 0.895. The van der Waals surface area contributed by atoms with Gasteiger partial charge in [0.2, 0.25) is 5.91 Å².